The molecule has 2 fully saturated rings. The highest BCUT2D eigenvalue weighted by atomic mass is 16.6. The Morgan fingerprint density at radius 2 is 2.12 bits per heavy atom. The second kappa shape index (κ2) is 4.48. The molecule has 2 aliphatic rings. The molecule has 0 aromatic rings. The van der Waals surface area contributed by atoms with Gasteiger partial charge in [-0.05, 0) is 46.6 Å². The summed E-state index contributed by atoms with van der Waals surface area (Å²) in [6.07, 6.45) is 3.42. The van der Waals surface area contributed by atoms with Crippen molar-refractivity contribution in [2.24, 2.45) is 5.41 Å². The smallest absolute Gasteiger partial charge is 0.410 e. The summed E-state index contributed by atoms with van der Waals surface area (Å²) in [6, 6.07) is 0. The second-order valence-corrected chi connectivity index (χ2v) is 6.43. The van der Waals surface area contributed by atoms with E-state index in [1.165, 1.54) is 12.8 Å². The maximum atomic E-state index is 12.0. The van der Waals surface area contributed by atoms with Crippen LogP contribution < -0.4 is 5.32 Å². The minimum Gasteiger partial charge on any atom is -0.444 e. The molecule has 0 radical (unpaired) electrons. The lowest BCUT2D eigenvalue weighted by atomic mass is 9.80. The van der Waals surface area contributed by atoms with Crippen molar-refractivity contribution in [3.63, 3.8) is 0 Å². The highest BCUT2D eigenvalue weighted by molar-refractivity contribution is 5.68. The zero-order chi connectivity index (χ0) is 12.5. The van der Waals surface area contributed by atoms with Gasteiger partial charge in [0.25, 0.3) is 0 Å². The summed E-state index contributed by atoms with van der Waals surface area (Å²) in [5.74, 6) is 0. The van der Waals surface area contributed by atoms with Gasteiger partial charge >= 0.3 is 6.09 Å². The molecule has 2 rings (SSSR count). The number of rotatable bonds is 0. The SMILES string of the molecule is CC(C)(C)OC(=O)N1CC[C@]2(CCCNC2)C1. The van der Waals surface area contributed by atoms with Crippen LogP contribution in [0.4, 0.5) is 4.79 Å². The molecule has 2 saturated heterocycles. The second-order valence-electron chi connectivity index (χ2n) is 6.43. The number of nitrogens with zero attached hydrogens (tertiary/aromatic N) is 1. The lowest BCUT2D eigenvalue weighted by Crippen LogP contribution is -2.43. The molecule has 2 heterocycles. The number of piperidine rings is 1. The molecule has 98 valence electrons. The first-order valence-corrected chi connectivity index (χ1v) is 6.59. The molecule has 0 aromatic heterocycles. The van der Waals surface area contributed by atoms with Crippen molar-refractivity contribution in [3.8, 4) is 0 Å². The molecule has 4 heteroatoms. The first kappa shape index (κ1) is 12.7. The van der Waals surface area contributed by atoms with Crippen molar-refractivity contribution in [3.05, 3.63) is 0 Å². The first-order chi connectivity index (χ1) is 7.90. The quantitative estimate of drug-likeness (QED) is 0.704. The number of amides is 1. The fourth-order valence-corrected chi connectivity index (χ4v) is 2.80. The Hall–Kier alpha value is -0.770. The van der Waals surface area contributed by atoms with E-state index in [-0.39, 0.29) is 6.09 Å². The van der Waals surface area contributed by atoms with E-state index in [1.54, 1.807) is 0 Å². The third-order valence-electron chi connectivity index (χ3n) is 3.65. The lowest BCUT2D eigenvalue weighted by Gasteiger charge is -2.34. The first-order valence-electron chi connectivity index (χ1n) is 6.59. The van der Waals surface area contributed by atoms with Crippen molar-refractivity contribution in [1.29, 1.82) is 0 Å². The van der Waals surface area contributed by atoms with Crippen LogP contribution >= 0.6 is 0 Å². The maximum Gasteiger partial charge on any atom is 0.410 e. The molecule has 2 aliphatic heterocycles. The van der Waals surface area contributed by atoms with Gasteiger partial charge in [0.2, 0.25) is 0 Å². The van der Waals surface area contributed by atoms with E-state index in [1.807, 2.05) is 25.7 Å². The summed E-state index contributed by atoms with van der Waals surface area (Å²) < 4.78 is 5.42. The zero-order valence-electron chi connectivity index (χ0n) is 11.2. The van der Waals surface area contributed by atoms with Gasteiger partial charge in [-0.1, -0.05) is 0 Å². The Bertz CT molecular complexity index is 290. The number of nitrogens with one attached hydrogen (secondary N) is 1. The van der Waals surface area contributed by atoms with Crippen LogP contribution in [0.1, 0.15) is 40.0 Å². The van der Waals surface area contributed by atoms with Gasteiger partial charge in [-0.2, -0.15) is 0 Å². The fraction of sp³-hybridized carbons (Fsp3) is 0.923. The summed E-state index contributed by atoms with van der Waals surface area (Å²) >= 11 is 0. The van der Waals surface area contributed by atoms with Crippen LogP contribution in [0.5, 0.6) is 0 Å². The van der Waals surface area contributed by atoms with E-state index in [4.69, 9.17) is 4.74 Å². The third kappa shape index (κ3) is 3.12. The van der Waals surface area contributed by atoms with E-state index < -0.39 is 5.60 Å². The molecule has 1 amide bonds. The molecule has 0 aromatic carbocycles. The predicted molar refractivity (Wildman–Crippen MR) is 67.0 cm³/mol. The van der Waals surface area contributed by atoms with Gasteiger partial charge in [0.05, 0.1) is 0 Å². The summed E-state index contributed by atoms with van der Waals surface area (Å²) in [6.45, 7) is 9.61. The Morgan fingerprint density at radius 1 is 1.35 bits per heavy atom. The van der Waals surface area contributed by atoms with Crippen LogP contribution in [-0.4, -0.2) is 42.8 Å². The van der Waals surface area contributed by atoms with E-state index in [2.05, 4.69) is 5.32 Å². The number of hydrogen-bond acceptors (Lipinski definition) is 3. The summed E-state index contributed by atoms with van der Waals surface area (Å²) in [5, 5.41) is 3.45. The van der Waals surface area contributed by atoms with Crippen molar-refractivity contribution < 1.29 is 9.53 Å². The van der Waals surface area contributed by atoms with Gasteiger partial charge in [0.15, 0.2) is 0 Å². The molecule has 0 saturated carbocycles. The van der Waals surface area contributed by atoms with E-state index in [9.17, 15) is 4.79 Å². The average molecular weight is 240 g/mol. The van der Waals surface area contributed by atoms with Gasteiger partial charge in [-0.25, -0.2) is 4.79 Å². The van der Waals surface area contributed by atoms with Gasteiger partial charge in [0, 0.05) is 25.0 Å². The molecule has 4 nitrogen and oxygen atoms in total. The van der Waals surface area contributed by atoms with Crippen LogP contribution in [0.3, 0.4) is 0 Å². The third-order valence-corrected chi connectivity index (χ3v) is 3.65. The van der Waals surface area contributed by atoms with Crippen LogP contribution in [-0.2, 0) is 4.74 Å². The maximum absolute atomic E-state index is 12.0. The summed E-state index contributed by atoms with van der Waals surface area (Å²) in [5.41, 5.74) is -0.0766. The molecular weight excluding hydrogens is 216 g/mol. The largest absolute Gasteiger partial charge is 0.444 e. The normalized spacial score (nSPS) is 29.7. The molecule has 0 aliphatic carbocycles. The van der Waals surface area contributed by atoms with Crippen molar-refractivity contribution >= 4 is 6.09 Å². The van der Waals surface area contributed by atoms with Gasteiger partial charge in [0.1, 0.15) is 5.60 Å². The lowest BCUT2D eigenvalue weighted by molar-refractivity contribution is 0.0266. The number of likely N-dealkylation sites (tertiary alicyclic amines) is 1. The van der Waals surface area contributed by atoms with Crippen LogP contribution in [0.2, 0.25) is 0 Å². The van der Waals surface area contributed by atoms with Gasteiger partial charge < -0.3 is 15.0 Å². The van der Waals surface area contributed by atoms with E-state index in [0.29, 0.717) is 5.41 Å². The number of hydrogen-bond donors (Lipinski definition) is 1. The monoisotopic (exact) mass is 240 g/mol. The van der Waals surface area contributed by atoms with Crippen molar-refractivity contribution in [2.75, 3.05) is 26.2 Å². The van der Waals surface area contributed by atoms with E-state index >= 15 is 0 Å². The molecular formula is C13H24N2O2. The number of ether oxygens (including phenoxy) is 1. The van der Waals surface area contributed by atoms with Crippen LogP contribution in [0.15, 0.2) is 0 Å². The van der Waals surface area contributed by atoms with Crippen LogP contribution in [0, 0.1) is 5.41 Å². The Balaban J connectivity index is 1.91. The number of carbonyl (C=O) groups excluding carboxylic acids is 1. The van der Waals surface area contributed by atoms with Crippen LogP contribution in [0.25, 0.3) is 0 Å². The molecule has 0 bridgehead atoms. The van der Waals surface area contributed by atoms with E-state index in [0.717, 1.165) is 32.6 Å². The van der Waals surface area contributed by atoms with Gasteiger partial charge in [-0.3, -0.25) is 0 Å². The minimum absolute atomic E-state index is 0.153. The molecule has 1 N–H and O–H groups in total. The highest BCUT2D eigenvalue weighted by Gasteiger charge is 2.41. The standard InChI is InChI=1S/C13H24N2O2/c1-12(2,3)17-11(16)15-8-6-13(10-15)5-4-7-14-9-13/h14H,4-10H2,1-3H3/t13-/m0/s1. The highest BCUT2D eigenvalue weighted by Crippen LogP contribution is 2.36. The van der Waals surface area contributed by atoms with Gasteiger partial charge in [-0.15, -0.1) is 0 Å². The Labute approximate surface area is 104 Å². The molecule has 0 unspecified atom stereocenters. The fourth-order valence-electron chi connectivity index (χ4n) is 2.80. The molecule has 1 spiro atoms. The average Bonchev–Trinajstić information content (AvgIpc) is 2.61. The number of carbonyl (C=O) groups is 1. The topological polar surface area (TPSA) is 41.6 Å². The molecule has 17 heavy (non-hydrogen) atoms. The minimum atomic E-state index is -0.391. The van der Waals surface area contributed by atoms with Crippen molar-refractivity contribution in [1.82, 2.24) is 10.2 Å². The predicted octanol–water partition coefficient (Wildman–Crippen LogP) is 2.00. The molecule has 1 atom stereocenters. The summed E-state index contributed by atoms with van der Waals surface area (Å²) in [7, 11) is 0. The Morgan fingerprint density at radius 3 is 2.71 bits per heavy atom. The van der Waals surface area contributed by atoms with Crippen molar-refractivity contribution in [2.45, 2.75) is 45.6 Å². The summed E-state index contributed by atoms with van der Waals surface area (Å²) in [4.78, 5) is 13.8. The Kier molecular flexibility index (Phi) is 3.34. The zero-order valence-corrected chi connectivity index (χ0v) is 11.2.